The number of nitrogens with two attached hydrogens (primary N) is 2. The Morgan fingerprint density at radius 2 is 1.14 bits per heavy atom. The van der Waals surface area contributed by atoms with Crippen molar-refractivity contribution >= 4 is 89.4 Å². The van der Waals surface area contributed by atoms with E-state index in [1.165, 1.54) is 0 Å². The molecule has 0 radical (unpaired) electrons. The third-order valence-corrected chi connectivity index (χ3v) is 13.5. The van der Waals surface area contributed by atoms with Gasteiger partial charge >= 0.3 is 11.9 Å². The summed E-state index contributed by atoms with van der Waals surface area (Å²) in [5.41, 5.74) is 13.6. The van der Waals surface area contributed by atoms with Gasteiger partial charge in [0.15, 0.2) is 0 Å². The molecule has 73 heavy (non-hydrogen) atoms. The average molecular weight is 1050 g/mol. The number of hydrogen-bond acceptors (Lipinski definition) is 13. The minimum atomic E-state index is -1.48. The maximum absolute atomic E-state index is 14.8. The highest BCUT2D eigenvalue weighted by Crippen LogP contribution is 2.28. The maximum Gasteiger partial charge on any atom is 0.326 e. The van der Waals surface area contributed by atoms with Gasteiger partial charge in [0.05, 0.1) is 12.5 Å². The zero-order valence-corrected chi connectivity index (χ0v) is 43.1. The molecule has 3 aromatic rings. The van der Waals surface area contributed by atoms with Crippen LogP contribution in [0.3, 0.4) is 0 Å². The Morgan fingerprint density at radius 3 is 1.73 bits per heavy atom. The lowest BCUT2D eigenvalue weighted by atomic mass is 9.84. The number of carbonyl (C=O) groups is 9. The number of H-pyrrole nitrogens is 1. The normalized spacial score (nSPS) is 16.0. The van der Waals surface area contributed by atoms with Crippen molar-refractivity contribution in [1.82, 2.24) is 42.2 Å². The summed E-state index contributed by atoms with van der Waals surface area (Å²) in [5.74, 6) is -8.96. The Balaban J connectivity index is 1.66. The molecule has 1 aliphatic rings. The molecule has 0 bridgehead atoms. The van der Waals surface area contributed by atoms with E-state index in [0.717, 1.165) is 43.0 Å². The van der Waals surface area contributed by atoms with E-state index in [4.69, 9.17) is 16.6 Å². The number of nitrogens with one attached hydrogen (secondary N) is 8. The number of carboxylic acid groups (broad SMARTS) is 2. The van der Waals surface area contributed by atoms with Crippen LogP contribution < -0.4 is 48.7 Å². The van der Waals surface area contributed by atoms with Crippen LogP contribution in [0, 0.1) is 11.8 Å². The van der Waals surface area contributed by atoms with Gasteiger partial charge < -0.3 is 63.9 Å². The van der Waals surface area contributed by atoms with E-state index in [1.807, 2.05) is 24.3 Å². The van der Waals surface area contributed by atoms with Crippen molar-refractivity contribution in [3.05, 3.63) is 71.9 Å². The topological polar surface area (TPSA) is 346 Å². The quantitative estimate of drug-likeness (QED) is 0.0326. The standard InChI is InChI=1S/C50H72N10O11S2/c1-28(2)42(50(70)71)60-49(69)40(27-73)59-46(66)37(22-30-15-7-4-8-16-30)55-44(64)35(19-11-12-20-51)54-47(67)38(23-31-25-53-34-18-10-9-17-32(31)34)57-45(65)36(21-29-13-5-3-6-14-29)56-48(68)39(26-72)58-43(63)33(52)24-41(61)62/h3,5-6,9-10,13-14,17-18,25,28,30,33,35-40,42,53,72-73H,4,7-8,11-12,15-16,19-24,26-27,51-52H2,1-2H3,(H,54,67)(H,55,64)(H,56,68)(H,57,65)(H,58,63)(H,59,66)(H,60,69)(H,61,62)(H,70,71)/t33-,35-,36-,37-,38-,39-,40-,42-/m0/s1. The number of benzene rings is 2. The summed E-state index contributed by atoms with van der Waals surface area (Å²) >= 11 is 8.48. The van der Waals surface area contributed by atoms with E-state index < -0.39 is 114 Å². The SMILES string of the molecule is CC(C)[C@H](NC(=O)[C@H](CS)NC(=O)[C@H](CC1CCCCC1)NC(=O)[C@H](CCCCN)NC(=O)[C@H](Cc1c[nH]c2ccccc12)NC(=O)[C@H](Cc1ccccc1)NC(=O)[C@H](CS)NC(=O)[C@@H](N)CC(=O)O)C(=O)O. The summed E-state index contributed by atoms with van der Waals surface area (Å²) in [6.07, 6.45) is 6.44. The molecule has 0 spiro atoms. The van der Waals surface area contributed by atoms with Crippen LogP contribution in [0.2, 0.25) is 0 Å². The summed E-state index contributed by atoms with van der Waals surface area (Å²) in [6, 6.07) is 5.52. The molecule has 7 amide bonds. The molecular formula is C50H72N10O11S2. The average Bonchev–Trinajstić information content (AvgIpc) is 3.77. The van der Waals surface area contributed by atoms with E-state index in [-0.39, 0.29) is 49.7 Å². The van der Waals surface area contributed by atoms with E-state index in [2.05, 4.69) is 67.5 Å². The number of carboxylic acids is 2. The summed E-state index contributed by atoms with van der Waals surface area (Å²) < 4.78 is 0. The molecule has 8 atom stereocenters. The van der Waals surface area contributed by atoms with Crippen LogP contribution >= 0.6 is 25.3 Å². The molecule has 4 rings (SSSR count). The zero-order chi connectivity index (χ0) is 53.6. The highest BCUT2D eigenvalue weighted by Gasteiger charge is 2.36. The number of aromatic amines is 1. The molecule has 0 saturated heterocycles. The number of rotatable bonds is 30. The van der Waals surface area contributed by atoms with Crippen LogP contribution in [0.4, 0.5) is 0 Å². The van der Waals surface area contributed by atoms with Crippen molar-refractivity contribution in [2.75, 3.05) is 18.1 Å². The fourth-order valence-electron chi connectivity index (χ4n) is 8.61. The molecule has 1 aromatic heterocycles. The number of fused-ring (bicyclic) bond motifs is 1. The first-order valence-electron chi connectivity index (χ1n) is 24.7. The van der Waals surface area contributed by atoms with Crippen LogP contribution in [0.5, 0.6) is 0 Å². The summed E-state index contributed by atoms with van der Waals surface area (Å²) in [5, 5.41) is 38.2. The monoisotopic (exact) mass is 1050 g/mol. The molecule has 1 heterocycles. The number of thiol groups is 2. The first-order chi connectivity index (χ1) is 34.8. The van der Waals surface area contributed by atoms with Gasteiger partial charge in [-0.3, -0.25) is 38.4 Å². The van der Waals surface area contributed by atoms with Crippen molar-refractivity contribution in [1.29, 1.82) is 0 Å². The minimum Gasteiger partial charge on any atom is -0.481 e. The maximum atomic E-state index is 14.8. The molecule has 400 valence electrons. The van der Waals surface area contributed by atoms with Crippen molar-refractivity contribution < 1.29 is 53.4 Å². The van der Waals surface area contributed by atoms with Gasteiger partial charge in [0.25, 0.3) is 0 Å². The predicted octanol–water partition coefficient (Wildman–Crippen LogP) is 0.848. The summed E-state index contributed by atoms with van der Waals surface area (Å²) in [4.78, 5) is 124. The van der Waals surface area contributed by atoms with E-state index in [0.29, 0.717) is 24.0 Å². The fourth-order valence-corrected chi connectivity index (χ4v) is 9.13. The molecule has 1 fully saturated rings. The van der Waals surface area contributed by atoms with Gasteiger partial charge in [-0.2, -0.15) is 25.3 Å². The van der Waals surface area contributed by atoms with Crippen LogP contribution in [-0.2, 0) is 56.0 Å². The van der Waals surface area contributed by atoms with Crippen LogP contribution in [0.1, 0.15) is 89.2 Å². The van der Waals surface area contributed by atoms with Gasteiger partial charge in [-0.15, -0.1) is 0 Å². The second kappa shape index (κ2) is 30.1. The Morgan fingerprint density at radius 1 is 0.630 bits per heavy atom. The lowest BCUT2D eigenvalue weighted by Gasteiger charge is -2.30. The number of aromatic nitrogens is 1. The van der Waals surface area contributed by atoms with Crippen molar-refractivity contribution in [3.63, 3.8) is 0 Å². The second-order valence-electron chi connectivity index (χ2n) is 18.8. The highest BCUT2D eigenvalue weighted by atomic mass is 32.1. The predicted molar refractivity (Wildman–Crippen MR) is 280 cm³/mol. The van der Waals surface area contributed by atoms with Crippen molar-refractivity contribution in [2.45, 2.75) is 139 Å². The van der Waals surface area contributed by atoms with Gasteiger partial charge in [-0.1, -0.05) is 94.5 Å². The van der Waals surface area contributed by atoms with Gasteiger partial charge in [0.2, 0.25) is 41.4 Å². The smallest absolute Gasteiger partial charge is 0.326 e. The number of carbonyl (C=O) groups excluding carboxylic acids is 7. The number of hydrogen-bond donors (Lipinski definition) is 14. The second-order valence-corrected chi connectivity index (χ2v) is 19.5. The molecule has 1 saturated carbocycles. The number of para-hydroxylation sites is 1. The molecular weight excluding hydrogens is 981 g/mol. The number of aliphatic carboxylic acids is 2. The third-order valence-electron chi connectivity index (χ3n) is 12.7. The van der Waals surface area contributed by atoms with Gasteiger partial charge in [-0.05, 0) is 61.3 Å². The first kappa shape index (κ1) is 59.4. The van der Waals surface area contributed by atoms with Crippen LogP contribution in [-0.4, -0.2) is 135 Å². The Hall–Kier alpha value is -6.17. The Kier molecular flexibility index (Phi) is 24.5. The van der Waals surface area contributed by atoms with E-state index >= 15 is 0 Å². The summed E-state index contributed by atoms with van der Waals surface area (Å²) in [6.45, 7) is 3.54. The lowest BCUT2D eigenvalue weighted by molar-refractivity contribution is -0.143. The lowest BCUT2D eigenvalue weighted by Crippen LogP contribution is -2.61. The molecule has 23 heteroatoms. The molecule has 21 nitrogen and oxygen atoms in total. The molecule has 1 aliphatic carbocycles. The largest absolute Gasteiger partial charge is 0.481 e. The van der Waals surface area contributed by atoms with E-state index in [9.17, 15) is 48.3 Å². The van der Waals surface area contributed by atoms with Crippen LogP contribution in [0.25, 0.3) is 10.9 Å². The molecule has 0 unspecified atom stereocenters. The third kappa shape index (κ3) is 19.0. The Bertz CT molecular complexity index is 2350. The van der Waals surface area contributed by atoms with Crippen molar-refractivity contribution in [3.8, 4) is 0 Å². The number of amides is 7. The van der Waals surface area contributed by atoms with E-state index in [1.54, 1.807) is 50.4 Å². The van der Waals surface area contributed by atoms with Gasteiger partial charge in [0, 0.05) is 41.4 Å². The molecule has 2 aromatic carbocycles. The zero-order valence-electron chi connectivity index (χ0n) is 41.3. The van der Waals surface area contributed by atoms with Gasteiger partial charge in [-0.25, -0.2) is 4.79 Å². The Labute approximate surface area is 435 Å². The first-order valence-corrected chi connectivity index (χ1v) is 25.9. The fraction of sp³-hybridized carbons (Fsp3) is 0.540. The van der Waals surface area contributed by atoms with Gasteiger partial charge in [0.1, 0.15) is 42.3 Å². The minimum absolute atomic E-state index is 0.0459. The molecule has 14 N–H and O–H groups in total. The summed E-state index contributed by atoms with van der Waals surface area (Å²) in [7, 11) is 0. The number of unbranched alkanes of at least 4 members (excludes halogenated alkanes) is 1. The van der Waals surface area contributed by atoms with Crippen molar-refractivity contribution in [2.24, 2.45) is 23.3 Å². The molecule has 0 aliphatic heterocycles. The van der Waals surface area contributed by atoms with Crippen LogP contribution in [0.15, 0.2) is 60.8 Å². The highest BCUT2D eigenvalue weighted by molar-refractivity contribution is 7.80.